The van der Waals surface area contributed by atoms with E-state index in [1.807, 2.05) is 36.1 Å². The van der Waals surface area contributed by atoms with Gasteiger partial charge < -0.3 is 15.0 Å². The summed E-state index contributed by atoms with van der Waals surface area (Å²) in [6, 6.07) is 6.55. The standard InChI is InChI=1S/C21H27F2N5O2/c1-13-3-5-16(6-4-13)30-14(2)20(29)27-9-7-15(8-10-27)17-11-18(19(22)23)28-21(26-17)24-12-25-28/h3-6,12,14-15,17-19H,7-11H2,1-2H3,(H,24,25,26)/t14?,17-,18+/m0/s1. The number of benzene rings is 1. The zero-order valence-electron chi connectivity index (χ0n) is 17.2. The second-order valence-corrected chi connectivity index (χ2v) is 8.15. The van der Waals surface area contributed by atoms with Gasteiger partial charge in [0.15, 0.2) is 6.10 Å². The zero-order chi connectivity index (χ0) is 21.3. The molecule has 1 N–H and O–H groups in total. The van der Waals surface area contributed by atoms with Crippen LogP contribution in [0.3, 0.4) is 0 Å². The van der Waals surface area contributed by atoms with Crippen molar-refractivity contribution < 1.29 is 18.3 Å². The Hall–Kier alpha value is -2.71. The number of amides is 1. The molecule has 3 atom stereocenters. The predicted molar refractivity (Wildman–Crippen MR) is 108 cm³/mol. The minimum absolute atomic E-state index is 0.0455. The molecule has 162 valence electrons. The van der Waals surface area contributed by atoms with E-state index in [0.717, 1.165) is 18.4 Å². The van der Waals surface area contributed by atoms with Crippen LogP contribution in [0, 0.1) is 12.8 Å². The first-order chi connectivity index (χ1) is 14.4. The van der Waals surface area contributed by atoms with Crippen LogP contribution in [0.1, 0.15) is 37.8 Å². The van der Waals surface area contributed by atoms with Crippen LogP contribution in [0.2, 0.25) is 0 Å². The first kappa shape index (κ1) is 20.6. The Kier molecular flexibility index (Phi) is 5.87. The molecule has 30 heavy (non-hydrogen) atoms. The summed E-state index contributed by atoms with van der Waals surface area (Å²) in [6.45, 7) is 4.94. The minimum atomic E-state index is -2.49. The Morgan fingerprint density at radius 1 is 1.23 bits per heavy atom. The van der Waals surface area contributed by atoms with Crippen LogP contribution < -0.4 is 10.1 Å². The summed E-state index contributed by atoms with van der Waals surface area (Å²) in [7, 11) is 0. The molecule has 1 saturated heterocycles. The van der Waals surface area contributed by atoms with E-state index >= 15 is 0 Å². The van der Waals surface area contributed by atoms with Crippen LogP contribution in [0.4, 0.5) is 14.7 Å². The molecule has 1 fully saturated rings. The van der Waals surface area contributed by atoms with Crippen LogP contribution in [-0.4, -0.2) is 57.2 Å². The number of nitrogens with one attached hydrogen (secondary N) is 1. The number of alkyl halides is 2. The Labute approximate surface area is 174 Å². The molecule has 2 aromatic rings. The first-order valence-electron chi connectivity index (χ1n) is 10.4. The van der Waals surface area contributed by atoms with Crippen LogP contribution in [0.25, 0.3) is 0 Å². The maximum Gasteiger partial charge on any atom is 0.263 e. The second kappa shape index (κ2) is 8.57. The van der Waals surface area contributed by atoms with Crippen molar-refractivity contribution in [3.63, 3.8) is 0 Å². The lowest BCUT2D eigenvalue weighted by Gasteiger charge is -2.40. The molecule has 0 aliphatic carbocycles. The average molecular weight is 419 g/mol. The maximum atomic E-state index is 13.5. The number of anilines is 1. The summed E-state index contributed by atoms with van der Waals surface area (Å²) in [4.78, 5) is 18.7. The van der Waals surface area contributed by atoms with Gasteiger partial charge in [0.25, 0.3) is 12.3 Å². The van der Waals surface area contributed by atoms with Crippen molar-refractivity contribution in [2.75, 3.05) is 18.4 Å². The van der Waals surface area contributed by atoms with Crippen molar-refractivity contribution in [1.82, 2.24) is 19.7 Å². The van der Waals surface area contributed by atoms with E-state index in [2.05, 4.69) is 15.4 Å². The lowest BCUT2D eigenvalue weighted by Crippen LogP contribution is -2.48. The molecular weight excluding hydrogens is 392 g/mol. The highest BCUT2D eigenvalue weighted by Gasteiger charge is 2.38. The summed E-state index contributed by atoms with van der Waals surface area (Å²) in [5.74, 6) is 1.23. The second-order valence-electron chi connectivity index (χ2n) is 8.15. The van der Waals surface area contributed by atoms with Crippen molar-refractivity contribution >= 4 is 11.9 Å². The first-order valence-corrected chi connectivity index (χ1v) is 10.4. The molecule has 3 heterocycles. The summed E-state index contributed by atoms with van der Waals surface area (Å²) >= 11 is 0. The normalized spacial score (nSPS) is 23.0. The Morgan fingerprint density at radius 3 is 2.60 bits per heavy atom. The van der Waals surface area contributed by atoms with Gasteiger partial charge in [0.05, 0.1) is 0 Å². The van der Waals surface area contributed by atoms with Crippen molar-refractivity contribution in [3.05, 3.63) is 36.2 Å². The fourth-order valence-electron chi connectivity index (χ4n) is 4.35. The van der Waals surface area contributed by atoms with Gasteiger partial charge in [-0.3, -0.25) is 4.79 Å². The molecule has 0 saturated carbocycles. The third-order valence-corrected chi connectivity index (χ3v) is 6.09. The van der Waals surface area contributed by atoms with E-state index < -0.39 is 18.6 Å². The van der Waals surface area contributed by atoms with Crippen molar-refractivity contribution in [3.8, 4) is 5.75 Å². The molecule has 0 radical (unpaired) electrons. The number of piperidine rings is 1. The lowest BCUT2D eigenvalue weighted by molar-refractivity contribution is -0.139. The molecule has 7 nitrogen and oxygen atoms in total. The number of ether oxygens (including phenoxy) is 1. The number of carbonyl (C=O) groups is 1. The fourth-order valence-corrected chi connectivity index (χ4v) is 4.35. The van der Waals surface area contributed by atoms with Crippen LogP contribution in [0.5, 0.6) is 5.75 Å². The van der Waals surface area contributed by atoms with Crippen molar-refractivity contribution in [1.29, 1.82) is 0 Å². The fraction of sp³-hybridized carbons (Fsp3) is 0.571. The van der Waals surface area contributed by atoms with Crippen LogP contribution in [0.15, 0.2) is 30.6 Å². The quantitative estimate of drug-likeness (QED) is 0.805. The molecule has 2 aliphatic heterocycles. The Balaban J connectivity index is 1.32. The highest BCUT2D eigenvalue weighted by molar-refractivity contribution is 5.81. The van der Waals surface area contributed by atoms with Gasteiger partial charge in [-0.2, -0.15) is 10.1 Å². The number of hydrogen-bond donors (Lipinski definition) is 1. The number of aryl methyl sites for hydroxylation is 1. The SMILES string of the molecule is Cc1ccc(OC(C)C(=O)N2CCC([C@@H]3C[C@H](C(F)F)n4ncnc4N3)CC2)cc1. The zero-order valence-corrected chi connectivity index (χ0v) is 17.2. The van der Waals surface area contributed by atoms with Crippen LogP contribution in [-0.2, 0) is 4.79 Å². The number of aromatic nitrogens is 3. The molecule has 0 bridgehead atoms. The molecule has 1 unspecified atom stereocenters. The van der Waals surface area contributed by atoms with Gasteiger partial charge in [-0.05, 0) is 51.2 Å². The molecular formula is C21H27F2N5O2. The molecule has 0 spiro atoms. The monoisotopic (exact) mass is 419 g/mol. The summed E-state index contributed by atoms with van der Waals surface area (Å²) in [5.41, 5.74) is 1.13. The summed E-state index contributed by atoms with van der Waals surface area (Å²) in [6.07, 6.45) is 0.0571. The Bertz CT molecular complexity index is 865. The van der Waals surface area contributed by atoms with E-state index in [-0.39, 0.29) is 17.9 Å². The molecule has 4 rings (SSSR count). The van der Waals surface area contributed by atoms with Gasteiger partial charge in [-0.1, -0.05) is 17.7 Å². The number of likely N-dealkylation sites (tertiary alicyclic amines) is 1. The number of rotatable bonds is 5. The van der Waals surface area contributed by atoms with E-state index in [1.165, 1.54) is 11.0 Å². The molecule has 1 aromatic carbocycles. The molecule has 1 amide bonds. The van der Waals surface area contributed by atoms with E-state index in [9.17, 15) is 13.6 Å². The van der Waals surface area contributed by atoms with Gasteiger partial charge in [0, 0.05) is 19.1 Å². The maximum absolute atomic E-state index is 13.5. The third kappa shape index (κ3) is 4.24. The highest BCUT2D eigenvalue weighted by atomic mass is 19.3. The lowest BCUT2D eigenvalue weighted by atomic mass is 9.85. The van der Waals surface area contributed by atoms with Gasteiger partial charge in [0.2, 0.25) is 5.95 Å². The van der Waals surface area contributed by atoms with Gasteiger partial charge in [-0.25, -0.2) is 13.5 Å². The van der Waals surface area contributed by atoms with E-state index in [4.69, 9.17) is 4.74 Å². The number of nitrogens with zero attached hydrogens (tertiary/aromatic N) is 4. The largest absolute Gasteiger partial charge is 0.481 e. The van der Waals surface area contributed by atoms with Gasteiger partial charge >= 0.3 is 0 Å². The topological polar surface area (TPSA) is 72.3 Å². The smallest absolute Gasteiger partial charge is 0.263 e. The number of fused-ring (bicyclic) bond motifs is 1. The molecule has 2 aliphatic rings. The van der Waals surface area contributed by atoms with Crippen LogP contribution >= 0.6 is 0 Å². The molecule has 1 aromatic heterocycles. The van der Waals surface area contributed by atoms with Gasteiger partial charge in [0.1, 0.15) is 18.1 Å². The van der Waals surface area contributed by atoms with Crippen molar-refractivity contribution in [2.24, 2.45) is 5.92 Å². The average Bonchev–Trinajstić information content (AvgIpc) is 3.22. The predicted octanol–water partition coefficient (Wildman–Crippen LogP) is 3.28. The highest BCUT2D eigenvalue weighted by Crippen LogP contribution is 2.35. The summed E-state index contributed by atoms with van der Waals surface area (Å²) in [5, 5.41) is 7.19. The summed E-state index contributed by atoms with van der Waals surface area (Å²) < 4.78 is 34.1. The molecule has 9 heteroatoms. The number of hydrogen-bond acceptors (Lipinski definition) is 5. The minimum Gasteiger partial charge on any atom is -0.481 e. The Morgan fingerprint density at radius 2 is 1.93 bits per heavy atom. The van der Waals surface area contributed by atoms with E-state index in [1.54, 1.807) is 6.92 Å². The van der Waals surface area contributed by atoms with Gasteiger partial charge in [-0.15, -0.1) is 0 Å². The third-order valence-electron chi connectivity index (χ3n) is 6.09. The number of halogens is 2. The number of carbonyl (C=O) groups excluding carboxylic acids is 1. The van der Waals surface area contributed by atoms with Crippen molar-refractivity contribution in [2.45, 2.75) is 57.7 Å². The van der Waals surface area contributed by atoms with E-state index in [0.29, 0.717) is 31.2 Å².